The minimum Gasteiger partial charge on any atom is -0.381 e. The Balaban J connectivity index is 1.92. The Labute approximate surface area is 139 Å². The molecule has 0 saturated carbocycles. The zero-order valence-corrected chi connectivity index (χ0v) is 14.2. The van der Waals surface area contributed by atoms with Gasteiger partial charge in [-0.15, -0.1) is 0 Å². The van der Waals surface area contributed by atoms with E-state index in [0.717, 1.165) is 18.9 Å². The van der Waals surface area contributed by atoms with Gasteiger partial charge in [0.15, 0.2) is 0 Å². The maximum absolute atomic E-state index is 13.1. The number of nitrogens with zero attached hydrogens (tertiary/aromatic N) is 4. The largest absolute Gasteiger partial charge is 0.433 e. The highest BCUT2D eigenvalue weighted by Crippen LogP contribution is 2.43. The van der Waals surface area contributed by atoms with Crippen LogP contribution in [0.4, 0.5) is 19.1 Å². The van der Waals surface area contributed by atoms with Crippen molar-refractivity contribution in [2.75, 3.05) is 45.3 Å². The van der Waals surface area contributed by atoms with E-state index in [1.807, 2.05) is 19.0 Å². The molecule has 0 bridgehead atoms. The molecule has 0 radical (unpaired) electrons. The third-order valence-corrected chi connectivity index (χ3v) is 5.13. The van der Waals surface area contributed by atoms with Crippen LogP contribution in [0.3, 0.4) is 0 Å². The fourth-order valence-corrected chi connectivity index (χ4v) is 3.92. The molecule has 1 spiro atoms. The number of aryl methyl sites for hydroxylation is 1. The Morgan fingerprint density at radius 3 is 2.50 bits per heavy atom. The van der Waals surface area contributed by atoms with Gasteiger partial charge in [-0.3, -0.25) is 0 Å². The maximum Gasteiger partial charge on any atom is 0.433 e. The van der Waals surface area contributed by atoms with Crippen LogP contribution >= 0.6 is 0 Å². The molecule has 2 saturated heterocycles. The quantitative estimate of drug-likeness (QED) is 0.824. The number of alkyl halides is 3. The summed E-state index contributed by atoms with van der Waals surface area (Å²) in [5.41, 5.74) is -0.520. The van der Waals surface area contributed by atoms with Crippen molar-refractivity contribution in [3.8, 4) is 0 Å². The van der Waals surface area contributed by atoms with E-state index in [2.05, 4.69) is 14.9 Å². The summed E-state index contributed by atoms with van der Waals surface area (Å²) in [5.74, 6) is 0.178. The Morgan fingerprint density at radius 2 is 1.92 bits per heavy atom. The van der Waals surface area contributed by atoms with Gasteiger partial charge in [-0.2, -0.15) is 13.2 Å². The predicted molar refractivity (Wildman–Crippen MR) is 83.9 cm³/mol. The second-order valence-corrected chi connectivity index (χ2v) is 7.03. The van der Waals surface area contributed by atoms with E-state index >= 15 is 0 Å². The Bertz CT molecular complexity index is 599. The molecule has 3 rings (SSSR count). The number of aromatic nitrogens is 2. The lowest BCUT2D eigenvalue weighted by molar-refractivity contribution is -0.141. The van der Waals surface area contributed by atoms with E-state index in [0.29, 0.717) is 32.0 Å². The standard InChI is InChI=1S/C16H23F3N4O/c1-11-8-12(16(17,18)19)21-14(20-11)23-9-13(22(2)3)15(10-23)4-6-24-7-5-15/h8,13H,4-7,9-10H2,1-3H3. The van der Waals surface area contributed by atoms with Crippen molar-refractivity contribution in [1.29, 1.82) is 0 Å². The minimum absolute atomic E-state index is 0.0211. The van der Waals surface area contributed by atoms with Gasteiger partial charge in [-0.25, -0.2) is 9.97 Å². The molecular weight excluding hydrogens is 321 g/mol. The highest BCUT2D eigenvalue weighted by atomic mass is 19.4. The van der Waals surface area contributed by atoms with Crippen molar-refractivity contribution in [1.82, 2.24) is 14.9 Å². The van der Waals surface area contributed by atoms with E-state index in [9.17, 15) is 13.2 Å². The Kier molecular flexibility index (Phi) is 4.46. The Morgan fingerprint density at radius 1 is 1.25 bits per heavy atom. The molecule has 8 heteroatoms. The van der Waals surface area contributed by atoms with Crippen molar-refractivity contribution in [3.05, 3.63) is 17.5 Å². The highest BCUT2D eigenvalue weighted by molar-refractivity contribution is 5.37. The van der Waals surface area contributed by atoms with E-state index in [4.69, 9.17) is 4.74 Å². The summed E-state index contributed by atoms with van der Waals surface area (Å²) in [6.45, 7) is 4.26. The van der Waals surface area contributed by atoms with E-state index in [-0.39, 0.29) is 17.4 Å². The molecule has 1 atom stereocenters. The zero-order valence-electron chi connectivity index (χ0n) is 14.2. The van der Waals surface area contributed by atoms with Crippen LogP contribution < -0.4 is 4.90 Å². The molecule has 1 aromatic rings. The van der Waals surface area contributed by atoms with Crippen LogP contribution in [0.15, 0.2) is 6.07 Å². The normalized spacial score (nSPS) is 24.1. The lowest BCUT2D eigenvalue weighted by Gasteiger charge is -2.40. The third-order valence-electron chi connectivity index (χ3n) is 5.13. The van der Waals surface area contributed by atoms with Crippen LogP contribution in [-0.4, -0.2) is 61.3 Å². The Hall–Kier alpha value is -1.41. The van der Waals surface area contributed by atoms with Crippen molar-refractivity contribution in [3.63, 3.8) is 0 Å². The first kappa shape index (κ1) is 17.4. The molecule has 3 heterocycles. The van der Waals surface area contributed by atoms with Gasteiger partial charge in [-0.05, 0) is 39.9 Å². The summed E-state index contributed by atoms with van der Waals surface area (Å²) >= 11 is 0. The molecular formula is C16H23F3N4O. The SMILES string of the molecule is Cc1cc(C(F)(F)F)nc(N2CC(N(C)C)C3(CCOCC3)C2)n1. The van der Waals surface area contributed by atoms with Crippen LogP contribution in [-0.2, 0) is 10.9 Å². The molecule has 1 unspecified atom stereocenters. The number of hydrogen-bond acceptors (Lipinski definition) is 5. The molecule has 5 nitrogen and oxygen atoms in total. The van der Waals surface area contributed by atoms with Gasteiger partial charge in [-0.1, -0.05) is 0 Å². The molecule has 24 heavy (non-hydrogen) atoms. The van der Waals surface area contributed by atoms with Gasteiger partial charge >= 0.3 is 6.18 Å². The van der Waals surface area contributed by atoms with Crippen LogP contribution in [0.25, 0.3) is 0 Å². The van der Waals surface area contributed by atoms with Gasteiger partial charge < -0.3 is 14.5 Å². The summed E-state index contributed by atoms with van der Waals surface area (Å²) in [6.07, 6.45) is -2.64. The number of anilines is 1. The molecule has 0 N–H and O–H groups in total. The number of rotatable bonds is 2. The van der Waals surface area contributed by atoms with Gasteiger partial charge in [0.2, 0.25) is 5.95 Å². The van der Waals surface area contributed by atoms with E-state index in [1.165, 1.54) is 0 Å². The number of likely N-dealkylation sites (N-methyl/N-ethyl adjacent to an activating group) is 1. The first-order valence-corrected chi connectivity index (χ1v) is 8.13. The van der Waals surface area contributed by atoms with Crippen molar-refractivity contribution >= 4 is 5.95 Å². The van der Waals surface area contributed by atoms with Gasteiger partial charge in [0.25, 0.3) is 0 Å². The van der Waals surface area contributed by atoms with Gasteiger partial charge in [0.1, 0.15) is 5.69 Å². The van der Waals surface area contributed by atoms with Gasteiger partial charge in [0.05, 0.1) is 0 Å². The topological polar surface area (TPSA) is 41.5 Å². The van der Waals surface area contributed by atoms with Crippen LogP contribution in [0, 0.1) is 12.3 Å². The summed E-state index contributed by atoms with van der Waals surface area (Å²) in [5, 5.41) is 0. The summed E-state index contributed by atoms with van der Waals surface area (Å²) in [6, 6.07) is 1.24. The predicted octanol–water partition coefficient (Wildman–Crippen LogP) is 2.35. The average Bonchev–Trinajstić information content (AvgIpc) is 2.86. The molecule has 134 valence electrons. The fraction of sp³-hybridized carbons (Fsp3) is 0.750. The molecule has 0 amide bonds. The first-order chi connectivity index (χ1) is 11.2. The lowest BCUT2D eigenvalue weighted by Crippen LogP contribution is -2.46. The van der Waals surface area contributed by atoms with Crippen molar-refractivity contribution in [2.24, 2.45) is 5.41 Å². The zero-order chi connectivity index (χ0) is 17.5. The fourth-order valence-electron chi connectivity index (χ4n) is 3.92. The minimum atomic E-state index is -4.46. The average molecular weight is 344 g/mol. The second kappa shape index (κ2) is 6.15. The third kappa shape index (κ3) is 3.21. The van der Waals surface area contributed by atoms with E-state index < -0.39 is 11.9 Å². The molecule has 0 aromatic carbocycles. The van der Waals surface area contributed by atoms with Crippen molar-refractivity contribution < 1.29 is 17.9 Å². The number of halogens is 3. The molecule has 0 aliphatic carbocycles. The molecule has 2 aliphatic heterocycles. The first-order valence-electron chi connectivity index (χ1n) is 8.13. The monoisotopic (exact) mass is 344 g/mol. The number of ether oxygens (including phenoxy) is 1. The maximum atomic E-state index is 13.1. The summed E-state index contributed by atoms with van der Waals surface area (Å²) in [4.78, 5) is 12.1. The highest BCUT2D eigenvalue weighted by Gasteiger charge is 2.49. The smallest absolute Gasteiger partial charge is 0.381 e. The number of hydrogen-bond donors (Lipinski definition) is 0. The molecule has 2 fully saturated rings. The van der Waals surface area contributed by atoms with E-state index in [1.54, 1.807) is 6.92 Å². The van der Waals surface area contributed by atoms with Crippen LogP contribution in [0.1, 0.15) is 24.2 Å². The van der Waals surface area contributed by atoms with Gasteiger partial charge in [0, 0.05) is 43.5 Å². The second-order valence-electron chi connectivity index (χ2n) is 7.03. The summed E-state index contributed by atoms with van der Waals surface area (Å²) < 4.78 is 44.7. The molecule has 1 aromatic heterocycles. The summed E-state index contributed by atoms with van der Waals surface area (Å²) in [7, 11) is 4.03. The van der Waals surface area contributed by atoms with Crippen LogP contribution in [0.5, 0.6) is 0 Å². The molecule has 2 aliphatic rings. The van der Waals surface area contributed by atoms with Crippen LogP contribution in [0.2, 0.25) is 0 Å². The van der Waals surface area contributed by atoms with Crippen molar-refractivity contribution in [2.45, 2.75) is 32.0 Å². The lowest BCUT2D eigenvalue weighted by atomic mass is 9.75.